The highest BCUT2D eigenvalue weighted by Gasteiger charge is 2.22. The molecule has 1 amide bonds. The molecule has 6 heteroatoms. The normalized spacial score (nSPS) is 11.2. The Labute approximate surface area is 171 Å². The number of rotatable bonds is 8. The Morgan fingerprint density at radius 3 is 2.25 bits per heavy atom. The van der Waals surface area contributed by atoms with Crippen molar-refractivity contribution in [1.82, 2.24) is 9.88 Å². The summed E-state index contributed by atoms with van der Waals surface area (Å²) in [4.78, 5) is 24.3. The molecule has 0 radical (unpaired) electrons. The number of carbonyl (C=O) groups excluding carboxylic acids is 1. The van der Waals surface area contributed by atoms with Gasteiger partial charge in [-0.3, -0.25) is 9.69 Å². The van der Waals surface area contributed by atoms with Gasteiger partial charge in [0.15, 0.2) is 5.13 Å². The number of anilines is 2. The Morgan fingerprint density at radius 1 is 0.964 bits per heavy atom. The van der Waals surface area contributed by atoms with E-state index in [0.29, 0.717) is 12.1 Å². The van der Waals surface area contributed by atoms with E-state index in [1.165, 1.54) is 0 Å². The molecule has 3 rings (SSSR count). The molecule has 0 atom stereocenters. The Bertz CT molecular complexity index is 883. The third-order valence-electron chi connectivity index (χ3n) is 4.92. The van der Waals surface area contributed by atoms with Crippen molar-refractivity contribution in [1.29, 1.82) is 0 Å². The summed E-state index contributed by atoms with van der Waals surface area (Å²) >= 11 is 1.57. The lowest BCUT2D eigenvalue weighted by atomic mass is 10.1. The molecule has 1 aromatic heterocycles. The first-order valence-electron chi connectivity index (χ1n) is 9.70. The average molecular weight is 397 g/mol. The second-order valence-electron chi connectivity index (χ2n) is 6.89. The highest BCUT2D eigenvalue weighted by Crippen LogP contribution is 2.29. The van der Waals surface area contributed by atoms with Crippen LogP contribution < -0.4 is 9.80 Å². The second kappa shape index (κ2) is 9.17. The van der Waals surface area contributed by atoms with Crippen LogP contribution in [-0.2, 0) is 0 Å². The monoisotopic (exact) mass is 396 g/mol. The molecule has 5 nitrogen and oxygen atoms in total. The van der Waals surface area contributed by atoms with Crippen LogP contribution in [0.5, 0.6) is 0 Å². The van der Waals surface area contributed by atoms with Gasteiger partial charge in [-0.2, -0.15) is 0 Å². The lowest BCUT2D eigenvalue weighted by molar-refractivity contribution is 0.0984. The van der Waals surface area contributed by atoms with Gasteiger partial charge in [0.2, 0.25) is 0 Å². The van der Waals surface area contributed by atoms with Gasteiger partial charge in [0.25, 0.3) is 5.91 Å². The summed E-state index contributed by atoms with van der Waals surface area (Å²) in [6.45, 7) is 7.67. The topological polar surface area (TPSA) is 39.7 Å². The molecule has 0 bridgehead atoms. The number of benzene rings is 2. The molecule has 1 heterocycles. The first-order valence-corrected chi connectivity index (χ1v) is 10.5. The van der Waals surface area contributed by atoms with E-state index in [9.17, 15) is 4.79 Å². The molecule has 0 spiro atoms. The highest BCUT2D eigenvalue weighted by molar-refractivity contribution is 7.22. The summed E-state index contributed by atoms with van der Waals surface area (Å²) in [5, 5.41) is 0.759. The van der Waals surface area contributed by atoms with E-state index in [1.54, 1.807) is 11.3 Å². The largest absolute Gasteiger partial charge is 0.378 e. The van der Waals surface area contributed by atoms with Crippen molar-refractivity contribution >= 4 is 38.3 Å². The number of hydrogen-bond acceptors (Lipinski definition) is 5. The molecule has 0 aliphatic heterocycles. The number of carbonyl (C=O) groups is 1. The van der Waals surface area contributed by atoms with Crippen LogP contribution in [0, 0.1) is 0 Å². The lowest BCUT2D eigenvalue weighted by Crippen LogP contribution is -2.38. The zero-order chi connectivity index (χ0) is 20.1. The molecular formula is C22H28N4OS. The quantitative estimate of drug-likeness (QED) is 0.567. The summed E-state index contributed by atoms with van der Waals surface area (Å²) in [5.41, 5.74) is 2.70. The van der Waals surface area contributed by atoms with Crippen molar-refractivity contribution in [3.63, 3.8) is 0 Å². The first kappa shape index (κ1) is 20.3. The fraction of sp³-hybridized carbons (Fsp3) is 0.364. The molecule has 0 unspecified atom stereocenters. The number of thiazole rings is 1. The summed E-state index contributed by atoms with van der Waals surface area (Å²) in [6, 6.07) is 15.8. The van der Waals surface area contributed by atoms with Crippen LogP contribution in [0.25, 0.3) is 10.2 Å². The summed E-state index contributed by atoms with van der Waals surface area (Å²) in [5.74, 6) is -0.00322. The van der Waals surface area contributed by atoms with Crippen molar-refractivity contribution in [3.8, 4) is 0 Å². The number of para-hydroxylation sites is 1. The van der Waals surface area contributed by atoms with Crippen molar-refractivity contribution in [3.05, 3.63) is 54.1 Å². The fourth-order valence-corrected chi connectivity index (χ4v) is 4.09. The van der Waals surface area contributed by atoms with E-state index in [1.807, 2.05) is 66.4 Å². The number of likely N-dealkylation sites (N-methyl/N-ethyl adjacent to an activating group) is 1. The molecule has 0 N–H and O–H groups in total. The fourth-order valence-electron chi connectivity index (χ4n) is 3.10. The van der Waals surface area contributed by atoms with E-state index in [0.717, 1.165) is 40.7 Å². The molecule has 0 aliphatic rings. The number of hydrogen-bond donors (Lipinski definition) is 0. The number of amides is 1. The third-order valence-corrected chi connectivity index (χ3v) is 5.98. The number of nitrogens with zero attached hydrogens (tertiary/aromatic N) is 4. The predicted octanol–water partition coefficient (Wildman–Crippen LogP) is 4.35. The predicted molar refractivity (Wildman–Crippen MR) is 120 cm³/mol. The zero-order valence-corrected chi connectivity index (χ0v) is 17.9. The summed E-state index contributed by atoms with van der Waals surface area (Å²) in [7, 11) is 3.99. The van der Waals surface area contributed by atoms with Crippen LogP contribution in [0.15, 0.2) is 48.5 Å². The Hall–Kier alpha value is -2.44. The van der Waals surface area contributed by atoms with Crippen LogP contribution in [0.2, 0.25) is 0 Å². The van der Waals surface area contributed by atoms with Crippen LogP contribution in [0.4, 0.5) is 10.8 Å². The first-order chi connectivity index (χ1) is 13.5. The second-order valence-corrected chi connectivity index (χ2v) is 7.90. The highest BCUT2D eigenvalue weighted by atomic mass is 32.1. The van der Waals surface area contributed by atoms with Gasteiger partial charge >= 0.3 is 0 Å². The molecule has 0 fully saturated rings. The van der Waals surface area contributed by atoms with Crippen LogP contribution in [-0.4, -0.2) is 56.1 Å². The molecule has 148 valence electrons. The maximum atomic E-state index is 13.4. The van der Waals surface area contributed by atoms with Gasteiger partial charge in [-0.15, -0.1) is 0 Å². The molecular weight excluding hydrogens is 368 g/mol. The Morgan fingerprint density at radius 2 is 1.64 bits per heavy atom. The average Bonchev–Trinajstić information content (AvgIpc) is 3.14. The van der Waals surface area contributed by atoms with Gasteiger partial charge in [0.05, 0.1) is 10.2 Å². The van der Waals surface area contributed by atoms with Gasteiger partial charge in [0, 0.05) is 38.4 Å². The minimum atomic E-state index is -0.00322. The van der Waals surface area contributed by atoms with Gasteiger partial charge in [-0.25, -0.2) is 4.98 Å². The van der Waals surface area contributed by atoms with Gasteiger partial charge < -0.3 is 9.80 Å². The molecule has 0 aliphatic carbocycles. The summed E-state index contributed by atoms with van der Waals surface area (Å²) < 4.78 is 1.10. The van der Waals surface area contributed by atoms with E-state index < -0.39 is 0 Å². The Kier molecular flexibility index (Phi) is 6.65. The third kappa shape index (κ3) is 4.51. The van der Waals surface area contributed by atoms with Crippen molar-refractivity contribution in [2.24, 2.45) is 0 Å². The van der Waals surface area contributed by atoms with Crippen LogP contribution in [0.3, 0.4) is 0 Å². The van der Waals surface area contributed by atoms with Crippen LogP contribution >= 0.6 is 11.3 Å². The van der Waals surface area contributed by atoms with E-state index in [2.05, 4.69) is 24.8 Å². The maximum absolute atomic E-state index is 13.4. The standard InChI is InChI=1S/C22H28N4OS/c1-5-25(6-2)15-16-26(22-23-19-9-7-8-10-20(19)28-22)21(27)17-11-13-18(14-12-17)24(3)4/h7-14H,5-6,15-16H2,1-4H3. The summed E-state index contributed by atoms with van der Waals surface area (Å²) in [6.07, 6.45) is 0. The smallest absolute Gasteiger partial charge is 0.260 e. The lowest BCUT2D eigenvalue weighted by Gasteiger charge is -2.25. The molecule has 28 heavy (non-hydrogen) atoms. The zero-order valence-electron chi connectivity index (χ0n) is 17.1. The Balaban J connectivity index is 1.91. The molecule has 3 aromatic rings. The number of fused-ring (bicyclic) bond motifs is 1. The van der Waals surface area contributed by atoms with Gasteiger partial charge in [-0.1, -0.05) is 37.3 Å². The van der Waals surface area contributed by atoms with Gasteiger partial charge in [0.1, 0.15) is 0 Å². The molecule has 0 saturated heterocycles. The maximum Gasteiger partial charge on any atom is 0.260 e. The van der Waals surface area contributed by atoms with E-state index in [-0.39, 0.29) is 5.91 Å². The van der Waals surface area contributed by atoms with Crippen molar-refractivity contribution in [2.75, 3.05) is 50.1 Å². The molecule has 0 saturated carbocycles. The minimum Gasteiger partial charge on any atom is -0.378 e. The SMILES string of the molecule is CCN(CC)CCN(C(=O)c1ccc(N(C)C)cc1)c1nc2ccccc2s1. The molecule has 2 aromatic carbocycles. The van der Waals surface area contributed by atoms with Crippen LogP contribution in [0.1, 0.15) is 24.2 Å². The van der Waals surface area contributed by atoms with E-state index >= 15 is 0 Å². The van der Waals surface area contributed by atoms with Gasteiger partial charge in [-0.05, 0) is 49.5 Å². The minimum absolute atomic E-state index is 0.00322. The van der Waals surface area contributed by atoms with Crippen molar-refractivity contribution < 1.29 is 4.79 Å². The van der Waals surface area contributed by atoms with Crippen molar-refractivity contribution in [2.45, 2.75) is 13.8 Å². The van der Waals surface area contributed by atoms with E-state index in [4.69, 9.17) is 4.98 Å². The number of aromatic nitrogens is 1.